The lowest BCUT2D eigenvalue weighted by Crippen LogP contribution is -2.64. The van der Waals surface area contributed by atoms with E-state index in [1.54, 1.807) is 6.92 Å². The summed E-state index contributed by atoms with van der Waals surface area (Å²) in [7, 11) is 0. The van der Waals surface area contributed by atoms with E-state index < -0.39 is 23.0 Å². The van der Waals surface area contributed by atoms with Crippen LogP contribution in [0.5, 0.6) is 0 Å². The molecule has 20 heavy (non-hydrogen) atoms. The molecule has 4 atom stereocenters. The van der Waals surface area contributed by atoms with Crippen molar-refractivity contribution in [1.82, 2.24) is 0 Å². The first-order valence-electron chi connectivity index (χ1n) is 6.95. The molecule has 4 aliphatic rings. The Morgan fingerprint density at radius 1 is 1.35 bits per heavy atom. The third-order valence-corrected chi connectivity index (χ3v) is 5.07. The van der Waals surface area contributed by atoms with Gasteiger partial charge in [-0.25, -0.2) is 4.79 Å². The third-order valence-electron chi connectivity index (χ3n) is 5.07. The van der Waals surface area contributed by atoms with E-state index in [4.69, 9.17) is 4.74 Å². The standard InChI is InChI=1S/C15H18O5/c1-8(2)12(17)20-14-4-9-3-10(6-14)11(16)15(5-9,7-14)13(18)19/h9-10H,1,3-7H2,2H3,(H,18,19). The zero-order chi connectivity index (χ0) is 14.7. The summed E-state index contributed by atoms with van der Waals surface area (Å²) in [4.78, 5) is 35.8. The maximum atomic E-state index is 12.4. The number of Topliss-reactive ketones (excluding diaryl/α,β-unsaturated/α-hetero) is 1. The van der Waals surface area contributed by atoms with Crippen molar-refractivity contribution in [3.63, 3.8) is 0 Å². The Balaban J connectivity index is 1.96. The van der Waals surface area contributed by atoms with E-state index in [9.17, 15) is 19.5 Å². The molecule has 0 saturated heterocycles. The maximum absolute atomic E-state index is 12.4. The Kier molecular flexibility index (Phi) is 2.62. The molecular formula is C15H18O5. The average Bonchev–Trinajstić information content (AvgIpc) is 2.33. The van der Waals surface area contributed by atoms with E-state index in [-0.39, 0.29) is 24.0 Å². The molecule has 5 heteroatoms. The summed E-state index contributed by atoms with van der Waals surface area (Å²) in [6.45, 7) is 5.13. The summed E-state index contributed by atoms with van der Waals surface area (Å²) in [5, 5.41) is 9.53. The van der Waals surface area contributed by atoms with Crippen LogP contribution >= 0.6 is 0 Å². The van der Waals surface area contributed by atoms with Crippen LogP contribution in [0.15, 0.2) is 12.2 Å². The van der Waals surface area contributed by atoms with Gasteiger partial charge in [0.05, 0.1) is 0 Å². The molecule has 4 aliphatic carbocycles. The van der Waals surface area contributed by atoms with Crippen LogP contribution in [0.25, 0.3) is 0 Å². The fourth-order valence-electron chi connectivity index (χ4n) is 4.49. The number of ether oxygens (including phenoxy) is 1. The highest BCUT2D eigenvalue weighted by Crippen LogP contribution is 2.61. The van der Waals surface area contributed by atoms with E-state index in [0.717, 1.165) is 6.42 Å². The predicted octanol–water partition coefficient (Wildman–Crippen LogP) is 1.71. The zero-order valence-corrected chi connectivity index (χ0v) is 11.5. The minimum absolute atomic E-state index is 0.125. The second-order valence-electron chi connectivity index (χ2n) is 6.69. The van der Waals surface area contributed by atoms with E-state index in [1.807, 2.05) is 0 Å². The topological polar surface area (TPSA) is 80.7 Å². The highest BCUT2D eigenvalue weighted by Gasteiger charge is 2.67. The molecule has 5 nitrogen and oxygen atoms in total. The van der Waals surface area contributed by atoms with Crippen LogP contribution in [0.2, 0.25) is 0 Å². The molecule has 1 N–H and O–H groups in total. The SMILES string of the molecule is C=C(C)C(=O)OC12CC3CC(C1)C(=O)C(C(=O)O)(C3)C2. The number of carbonyl (C=O) groups excluding carboxylic acids is 2. The monoisotopic (exact) mass is 278 g/mol. The molecular weight excluding hydrogens is 260 g/mol. The molecule has 0 aromatic carbocycles. The quantitative estimate of drug-likeness (QED) is 0.483. The first kappa shape index (κ1) is 13.3. The van der Waals surface area contributed by atoms with E-state index in [1.165, 1.54) is 0 Å². The minimum Gasteiger partial charge on any atom is -0.480 e. The van der Waals surface area contributed by atoms with Crippen LogP contribution in [0, 0.1) is 17.3 Å². The lowest BCUT2D eigenvalue weighted by molar-refractivity contribution is -0.206. The molecule has 0 spiro atoms. The van der Waals surface area contributed by atoms with Gasteiger partial charge in [-0.15, -0.1) is 0 Å². The molecule has 0 aromatic heterocycles. The van der Waals surface area contributed by atoms with Gasteiger partial charge in [0.1, 0.15) is 11.0 Å². The van der Waals surface area contributed by atoms with E-state index in [0.29, 0.717) is 24.8 Å². The highest BCUT2D eigenvalue weighted by molar-refractivity contribution is 6.06. The van der Waals surface area contributed by atoms with Crippen molar-refractivity contribution in [2.45, 2.75) is 44.6 Å². The summed E-state index contributed by atoms with van der Waals surface area (Å²) in [5.41, 5.74) is -1.82. The molecule has 4 saturated carbocycles. The Labute approximate surface area is 117 Å². The molecule has 0 radical (unpaired) electrons. The van der Waals surface area contributed by atoms with Gasteiger partial charge < -0.3 is 9.84 Å². The second-order valence-corrected chi connectivity index (χ2v) is 6.69. The number of esters is 1. The van der Waals surface area contributed by atoms with Crippen LogP contribution in [-0.2, 0) is 19.1 Å². The molecule has 108 valence electrons. The number of hydrogen-bond acceptors (Lipinski definition) is 4. The normalized spacial score (nSPS) is 41.5. The number of carbonyl (C=O) groups is 3. The molecule has 4 fully saturated rings. The first-order chi connectivity index (χ1) is 9.28. The summed E-state index contributed by atoms with van der Waals surface area (Å²) in [5.74, 6) is -1.82. The molecule has 0 amide bonds. The lowest BCUT2D eigenvalue weighted by atomic mass is 9.47. The van der Waals surface area contributed by atoms with Gasteiger partial charge in [0, 0.05) is 17.9 Å². The van der Waals surface area contributed by atoms with Gasteiger partial charge >= 0.3 is 11.9 Å². The second kappa shape index (κ2) is 3.93. The van der Waals surface area contributed by atoms with Crippen molar-refractivity contribution in [3.8, 4) is 0 Å². The smallest absolute Gasteiger partial charge is 0.333 e. The highest BCUT2D eigenvalue weighted by atomic mass is 16.6. The fourth-order valence-corrected chi connectivity index (χ4v) is 4.49. The largest absolute Gasteiger partial charge is 0.480 e. The van der Waals surface area contributed by atoms with Crippen molar-refractivity contribution >= 4 is 17.7 Å². The number of hydrogen-bond donors (Lipinski definition) is 1. The Morgan fingerprint density at radius 2 is 2.05 bits per heavy atom. The third kappa shape index (κ3) is 1.65. The van der Waals surface area contributed by atoms with Gasteiger partial charge in [-0.2, -0.15) is 0 Å². The fraction of sp³-hybridized carbons (Fsp3) is 0.667. The van der Waals surface area contributed by atoms with Gasteiger partial charge in [0.2, 0.25) is 0 Å². The van der Waals surface area contributed by atoms with E-state index >= 15 is 0 Å². The summed E-state index contributed by atoms with van der Waals surface area (Å²) in [6, 6.07) is 0. The number of carboxylic acid groups (broad SMARTS) is 1. The molecule has 0 aliphatic heterocycles. The van der Waals surface area contributed by atoms with Crippen molar-refractivity contribution in [2.75, 3.05) is 0 Å². The van der Waals surface area contributed by atoms with E-state index in [2.05, 4.69) is 6.58 Å². The maximum Gasteiger partial charge on any atom is 0.333 e. The van der Waals surface area contributed by atoms with Gasteiger partial charge in [-0.05, 0) is 38.5 Å². The van der Waals surface area contributed by atoms with Crippen LogP contribution < -0.4 is 0 Å². The summed E-state index contributed by atoms with van der Waals surface area (Å²) >= 11 is 0. The van der Waals surface area contributed by atoms with Gasteiger partial charge in [-0.3, -0.25) is 9.59 Å². The number of rotatable bonds is 3. The predicted molar refractivity (Wildman–Crippen MR) is 68.8 cm³/mol. The Bertz CT molecular complexity index is 536. The average molecular weight is 278 g/mol. The summed E-state index contributed by atoms with van der Waals surface area (Å²) in [6.07, 6.45) is 2.39. The molecule has 4 rings (SSSR count). The lowest BCUT2D eigenvalue weighted by Gasteiger charge is -2.58. The molecule has 0 aromatic rings. The zero-order valence-electron chi connectivity index (χ0n) is 11.5. The van der Waals surface area contributed by atoms with Gasteiger partial charge in [0.25, 0.3) is 0 Å². The Hall–Kier alpha value is -1.65. The number of carboxylic acids is 1. The molecule has 0 heterocycles. The van der Waals surface area contributed by atoms with Crippen molar-refractivity contribution < 1.29 is 24.2 Å². The van der Waals surface area contributed by atoms with Crippen molar-refractivity contribution in [2.24, 2.45) is 17.3 Å². The van der Waals surface area contributed by atoms with Crippen molar-refractivity contribution in [1.29, 1.82) is 0 Å². The minimum atomic E-state index is -1.33. The van der Waals surface area contributed by atoms with Crippen LogP contribution in [0.1, 0.15) is 39.0 Å². The first-order valence-corrected chi connectivity index (χ1v) is 6.95. The van der Waals surface area contributed by atoms with Crippen molar-refractivity contribution in [3.05, 3.63) is 12.2 Å². The van der Waals surface area contributed by atoms with Crippen LogP contribution in [0.4, 0.5) is 0 Å². The molecule has 4 unspecified atom stereocenters. The number of aliphatic carboxylic acids is 1. The van der Waals surface area contributed by atoms with Gasteiger partial charge in [0.15, 0.2) is 5.78 Å². The summed E-state index contributed by atoms with van der Waals surface area (Å²) < 4.78 is 5.58. The number of ketones is 1. The van der Waals surface area contributed by atoms with Gasteiger partial charge in [-0.1, -0.05) is 6.58 Å². The molecule has 4 bridgehead atoms. The van der Waals surface area contributed by atoms with Crippen LogP contribution in [-0.4, -0.2) is 28.4 Å². The van der Waals surface area contributed by atoms with Crippen LogP contribution in [0.3, 0.4) is 0 Å². The Morgan fingerprint density at radius 3 is 2.65 bits per heavy atom.